The lowest BCUT2D eigenvalue weighted by Gasteiger charge is -2.16. The van der Waals surface area contributed by atoms with Crippen LogP contribution in [0.5, 0.6) is 0 Å². The van der Waals surface area contributed by atoms with Gasteiger partial charge in [0.2, 0.25) is 0 Å². The molecule has 2 aromatic heterocycles. The van der Waals surface area contributed by atoms with Gasteiger partial charge in [-0.15, -0.1) is 5.10 Å². The number of carbonyl (C=O) groups excluding carboxylic acids is 1. The summed E-state index contributed by atoms with van der Waals surface area (Å²) in [6.07, 6.45) is -0.706. The zero-order chi connectivity index (χ0) is 19.9. The molecule has 6 nitrogen and oxygen atoms in total. The average Bonchev–Trinajstić information content (AvgIpc) is 3.31. The number of fused-ring (bicyclic) bond motifs is 1. The molecule has 0 aliphatic carbocycles. The van der Waals surface area contributed by atoms with Crippen LogP contribution in [0.2, 0.25) is 0 Å². The average molecular weight is 393 g/mol. The van der Waals surface area contributed by atoms with E-state index in [9.17, 15) is 22.4 Å². The summed E-state index contributed by atoms with van der Waals surface area (Å²) in [7, 11) is 0. The Morgan fingerprint density at radius 2 is 1.89 bits per heavy atom. The van der Waals surface area contributed by atoms with Crippen molar-refractivity contribution in [2.75, 3.05) is 18.4 Å². The summed E-state index contributed by atoms with van der Waals surface area (Å²) in [5.41, 5.74) is -0.506. The van der Waals surface area contributed by atoms with E-state index < -0.39 is 17.6 Å². The Hall–Kier alpha value is -3.17. The number of urea groups is 1. The smallest absolute Gasteiger partial charge is 0.325 e. The fraction of sp³-hybridized carbons (Fsp3) is 0.278. The number of rotatable bonds is 2. The van der Waals surface area contributed by atoms with Crippen molar-refractivity contribution in [3.05, 3.63) is 48.0 Å². The Labute approximate surface area is 156 Å². The van der Waals surface area contributed by atoms with Crippen molar-refractivity contribution in [1.82, 2.24) is 19.7 Å². The van der Waals surface area contributed by atoms with Crippen LogP contribution >= 0.6 is 0 Å². The van der Waals surface area contributed by atoms with Gasteiger partial charge in [-0.1, -0.05) is 0 Å². The molecule has 0 unspecified atom stereocenters. The molecule has 0 saturated carbocycles. The molecule has 1 saturated heterocycles. The Morgan fingerprint density at radius 3 is 2.61 bits per heavy atom. The Morgan fingerprint density at radius 1 is 1.14 bits per heavy atom. The molecule has 1 fully saturated rings. The summed E-state index contributed by atoms with van der Waals surface area (Å²) >= 11 is 0. The largest absolute Gasteiger partial charge is 0.417 e. The number of halogens is 4. The molecule has 28 heavy (non-hydrogen) atoms. The zero-order valence-electron chi connectivity index (χ0n) is 14.5. The minimum atomic E-state index is -4.53. The molecule has 3 aromatic rings. The monoisotopic (exact) mass is 393 g/mol. The Balaban J connectivity index is 1.65. The van der Waals surface area contributed by atoms with Crippen molar-refractivity contribution in [2.45, 2.75) is 19.0 Å². The second-order valence-electron chi connectivity index (χ2n) is 6.50. The highest BCUT2D eigenvalue weighted by atomic mass is 19.4. The van der Waals surface area contributed by atoms with Crippen molar-refractivity contribution in [3.8, 4) is 5.69 Å². The lowest BCUT2D eigenvalue weighted by Crippen LogP contribution is -2.32. The van der Waals surface area contributed by atoms with E-state index in [-0.39, 0.29) is 22.8 Å². The van der Waals surface area contributed by atoms with Crippen molar-refractivity contribution in [2.24, 2.45) is 0 Å². The summed E-state index contributed by atoms with van der Waals surface area (Å²) in [6.45, 7) is 1.33. The number of hydrogen-bond donors (Lipinski definition) is 1. The van der Waals surface area contributed by atoms with E-state index in [1.807, 2.05) is 0 Å². The maximum atomic E-state index is 14.3. The zero-order valence-corrected chi connectivity index (χ0v) is 14.5. The number of nitrogens with zero attached hydrogens (tertiary/aromatic N) is 4. The lowest BCUT2D eigenvalue weighted by molar-refractivity contribution is -0.137. The summed E-state index contributed by atoms with van der Waals surface area (Å²) in [4.78, 5) is 17.6. The molecule has 0 spiro atoms. The first kappa shape index (κ1) is 18.2. The first-order valence-electron chi connectivity index (χ1n) is 8.60. The molecule has 3 heterocycles. The number of anilines is 1. The van der Waals surface area contributed by atoms with Crippen LogP contribution in [0, 0.1) is 5.82 Å². The second kappa shape index (κ2) is 6.77. The minimum Gasteiger partial charge on any atom is -0.325 e. The highest BCUT2D eigenvalue weighted by Gasteiger charge is 2.31. The van der Waals surface area contributed by atoms with Gasteiger partial charge < -0.3 is 10.2 Å². The number of amides is 2. The molecule has 10 heteroatoms. The van der Waals surface area contributed by atoms with Crippen LogP contribution in [0.15, 0.2) is 36.7 Å². The van der Waals surface area contributed by atoms with Gasteiger partial charge in [0.15, 0.2) is 5.65 Å². The summed E-state index contributed by atoms with van der Waals surface area (Å²) in [6, 6.07) is 4.58. The molecule has 1 N–H and O–H groups in total. The second-order valence-corrected chi connectivity index (χ2v) is 6.50. The minimum absolute atomic E-state index is 0.00854. The van der Waals surface area contributed by atoms with Crippen LogP contribution in [0.4, 0.5) is 28.0 Å². The van der Waals surface area contributed by atoms with Crippen molar-refractivity contribution >= 4 is 22.8 Å². The number of benzene rings is 1. The van der Waals surface area contributed by atoms with E-state index in [0.717, 1.165) is 29.7 Å². The number of pyridine rings is 1. The number of hydrogen-bond acceptors (Lipinski definition) is 3. The molecule has 2 amide bonds. The van der Waals surface area contributed by atoms with Crippen LogP contribution in [0.1, 0.15) is 18.4 Å². The highest BCUT2D eigenvalue weighted by molar-refractivity contribution is 5.89. The number of carbonyl (C=O) groups is 1. The summed E-state index contributed by atoms with van der Waals surface area (Å²) in [5, 5.41) is 6.86. The van der Waals surface area contributed by atoms with Crippen LogP contribution in [0.3, 0.4) is 0 Å². The van der Waals surface area contributed by atoms with Gasteiger partial charge in [-0.05, 0) is 37.1 Å². The predicted octanol–water partition coefficient (Wildman–Crippen LogP) is 4.21. The van der Waals surface area contributed by atoms with Gasteiger partial charge >= 0.3 is 12.2 Å². The molecule has 0 atom stereocenters. The molecule has 0 radical (unpaired) electrons. The van der Waals surface area contributed by atoms with Gasteiger partial charge in [-0.2, -0.15) is 13.2 Å². The van der Waals surface area contributed by atoms with Crippen LogP contribution < -0.4 is 5.32 Å². The molecule has 146 valence electrons. The molecule has 1 aromatic carbocycles. The lowest BCUT2D eigenvalue weighted by atomic mass is 10.2. The van der Waals surface area contributed by atoms with E-state index in [1.54, 1.807) is 4.90 Å². The van der Waals surface area contributed by atoms with E-state index in [0.29, 0.717) is 25.0 Å². The van der Waals surface area contributed by atoms with Gasteiger partial charge in [0.1, 0.15) is 11.5 Å². The maximum absolute atomic E-state index is 14.3. The van der Waals surface area contributed by atoms with Crippen LogP contribution in [0.25, 0.3) is 16.7 Å². The molecular weight excluding hydrogens is 378 g/mol. The van der Waals surface area contributed by atoms with E-state index >= 15 is 0 Å². The van der Waals surface area contributed by atoms with Crippen molar-refractivity contribution < 1.29 is 22.4 Å². The fourth-order valence-corrected chi connectivity index (χ4v) is 3.08. The van der Waals surface area contributed by atoms with Gasteiger partial charge in [0, 0.05) is 36.6 Å². The maximum Gasteiger partial charge on any atom is 0.417 e. The number of nitrogens with one attached hydrogen (secondary N) is 1. The normalized spacial score (nSPS) is 14.6. The molecule has 0 bridgehead atoms. The van der Waals surface area contributed by atoms with Crippen molar-refractivity contribution in [3.63, 3.8) is 0 Å². The predicted molar refractivity (Wildman–Crippen MR) is 93.7 cm³/mol. The number of likely N-dealkylation sites (tertiary alicyclic amines) is 1. The number of alkyl halides is 3. The fourth-order valence-electron chi connectivity index (χ4n) is 3.08. The number of aromatic nitrogens is 3. The third kappa shape index (κ3) is 3.49. The van der Waals surface area contributed by atoms with Crippen LogP contribution in [-0.4, -0.2) is 38.8 Å². The van der Waals surface area contributed by atoms with Gasteiger partial charge in [-0.3, -0.25) is 0 Å². The Bertz CT molecular complexity index is 1040. The third-order valence-electron chi connectivity index (χ3n) is 4.52. The van der Waals surface area contributed by atoms with Gasteiger partial charge in [0.05, 0.1) is 5.56 Å². The molecule has 4 rings (SSSR count). The molecule has 1 aliphatic rings. The van der Waals surface area contributed by atoms with E-state index in [1.165, 1.54) is 18.3 Å². The quantitative estimate of drug-likeness (QED) is 0.664. The van der Waals surface area contributed by atoms with E-state index in [4.69, 9.17) is 0 Å². The first-order chi connectivity index (χ1) is 13.3. The summed E-state index contributed by atoms with van der Waals surface area (Å²) in [5.74, 6) is -0.636. The SMILES string of the molecule is O=C(Nc1ccc(F)c(-n2cc3cc(C(F)(F)F)cnc3n2)c1)N1CCCC1. The first-order valence-corrected chi connectivity index (χ1v) is 8.60. The molecular formula is C18H15F4N5O. The highest BCUT2D eigenvalue weighted by Crippen LogP contribution is 2.30. The van der Waals surface area contributed by atoms with Crippen LogP contribution in [-0.2, 0) is 6.18 Å². The van der Waals surface area contributed by atoms with Gasteiger partial charge in [-0.25, -0.2) is 18.9 Å². The topological polar surface area (TPSA) is 63.1 Å². The molecule has 1 aliphatic heterocycles. The third-order valence-corrected chi connectivity index (χ3v) is 4.52. The van der Waals surface area contributed by atoms with E-state index in [2.05, 4.69) is 15.4 Å². The van der Waals surface area contributed by atoms with Gasteiger partial charge in [0.25, 0.3) is 0 Å². The summed E-state index contributed by atoms with van der Waals surface area (Å²) < 4.78 is 53.9. The van der Waals surface area contributed by atoms with Crippen molar-refractivity contribution in [1.29, 1.82) is 0 Å². The standard InChI is InChI=1S/C18H15F4N5O/c19-14-4-3-13(24-17(28)26-5-1-2-6-26)8-15(14)27-10-11-7-12(18(20,21)22)9-23-16(11)25-27/h3-4,7-10H,1-2,5-6H2,(H,24,28). The Kier molecular flexibility index (Phi) is 4.40.